The van der Waals surface area contributed by atoms with E-state index >= 15 is 0 Å². The van der Waals surface area contributed by atoms with E-state index in [0.29, 0.717) is 0 Å². The highest BCUT2D eigenvalue weighted by molar-refractivity contribution is 5.76. The van der Waals surface area contributed by atoms with Crippen molar-refractivity contribution in [2.24, 2.45) is 0 Å². The maximum atomic E-state index is 10.3. The zero-order valence-electron chi connectivity index (χ0n) is 4.94. The molecule has 4 heteroatoms. The van der Waals surface area contributed by atoms with Crippen LogP contribution in [0.2, 0.25) is 0 Å². The van der Waals surface area contributed by atoms with E-state index < -0.39 is 0 Å². The molecule has 0 aromatic heterocycles. The summed E-state index contributed by atoms with van der Waals surface area (Å²) in [5.74, 6) is -0.197. The van der Waals surface area contributed by atoms with Crippen molar-refractivity contribution in [3.63, 3.8) is 0 Å². The molecule has 9 heavy (non-hydrogen) atoms. The van der Waals surface area contributed by atoms with Crippen LogP contribution in [0.4, 0.5) is 0 Å². The van der Waals surface area contributed by atoms with Crippen molar-refractivity contribution in [2.75, 3.05) is 6.67 Å². The molecule has 0 atom stereocenters. The molecule has 0 saturated heterocycles. The minimum absolute atomic E-state index is 0.123. The largest absolute Gasteiger partial charge is 0.339 e. The minimum atomic E-state index is -0.197. The van der Waals surface area contributed by atoms with Gasteiger partial charge in [-0.3, -0.25) is 9.59 Å². The van der Waals surface area contributed by atoms with Crippen molar-refractivity contribution in [3.05, 3.63) is 6.92 Å². The van der Waals surface area contributed by atoms with Crippen molar-refractivity contribution in [3.8, 4) is 0 Å². The summed E-state index contributed by atoms with van der Waals surface area (Å²) in [4.78, 5) is 19.8. The number of carbonyl (C=O) groups excluding carboxylic acids is 2. The third-order valence-corrected chi connectivity index (χ3v) is 0.673. The van der Waals surface area contributed by atoms with Crippen LogP contribution in [0.15, 0.2) is 0 Å². The number of amides is 2. The molecule has 0 bridgehead atoms. The van der Waals surface area contributed by atoms with Crippen molar-refractivity contribution in [1.82, 2.24) is 10.6 Å². The summed E-state index contributed by atoms with van der Waals surface area (Å²) in [6.45, 7) is 3.45. The van der Waals surface area contributed by atoms with Crippen LogP contribution in [-0.2, 0) is 9.59 Å². The Balaban J connectivity index is 3.06. The normalized spacial score (nSPS) is 8.11. The predicted octanol–water partition coefficient (Wildman–Crippen LogP) is -1.06. The fourth-order valence-electron chi connectivity index (χ4n) is 0.267. The van der Waals surface area contributed by atoms with E-state index in [4.69, 9.17) is 0 Å². The number of hydrogen-bond acceptors (Lipinski definition) is 2. The fourth-order valence-corrected chi connectivity index (χ4v) is 0.267. The smallest absolute Gasteiger partial charge is 0.310 e. The van der Waals surface area contributed by atoms with E-state index in [9.17, 15) is 9.59 Å². The first-order chi connectivity index (χ1) is 4.31. The van der Waals surface area contributed by atoms with Crippen LogP contribution in [0.5, 0.6) is 0 Å². The summed E-state index contributed by atoms with van der Waals surface area (Å²) in [5, 5.41) is 4.51. The number of rotatable bonds is 4. The summed E-state index contributed by atoms with van der Waals surface area (Å²) in [6, 6.07) is 0. The Morgan fingerprint density at radius 2 is 2.33 bits per heavy atom. The Bertz CT molecular complexity index is 103. The zero-order chi connectivity index (χ0) is 7.11. The van der Waals surface area contributed by atoms with Gasteiger partial charge in [-0.05, 0) is 6.92 Å². The SMILES string of the molecule is [CH2]CC(=O)NCN[C]=O. The third-order valence-electron chi connectivity index (χ3n) is 0.673. The first kappa shape index (κ1) is 7.94. The van der Waals surface area contributed by atoms with Crippen molar-refractivity contribution in [1.29, 1.82) is 0 Å². The van der Waals surface area contributed by atoms with E-state index in [1.165, 1.54) is 6.41 Å². The van der Waals surface area contributed by atoms with Crippen LogP contribution in [0, 0.1) is 6.92 Å². The van der Waals surface area contributed by atoms with E-state index in [-0.39, 0.29) is 19.0 Å². The van der Waals surface area contributed by atoms with Crippen molar-refractivity contribution in [2.45, 2.75) is 6.42 Å². The molecule has 0 aromatic carbocycles. The molecule has 0 heterocycles. The molecular weight excluding hydrogens is 120 g/mol. The Morgan fingerprint density at radius 3 is 2.78 bits per heavy atom. The molecule has 0 spiro atoms. The first-order valence-corrected chi connectivity index (χ1v) is 2.47. The number of hydrogen-bond donors (Lipinski definition) is 2. The predicted molar refractivity (Wildman–Crippen MR) is 31.8 cm³/mol. The molecule has 2 radical (unpaired) electrons. The minimum Gasteiger partial charge on any atom is -0.339 e. The molecule has 0 unspecified atom stereocenters. The third kappa shape index (κ3) is 4.80. The van der Waals surface area contributed by atoms with Crippen LogP contribution in [-0.4, -0.2) is 19.0 Å². The maximum absolute atomic E-state index is 10.3. The van der Waals surface area contributed by atoms with Crippen LogP contribution in [0.25, 0.3) is 0 Å². The molecule has 0 saturated carbocycles. The average Bonchev–Trinajstić information content (AvgIpc) is 1.89. The van der Waals surface area contributed by atoms with Crippen LogP contribution < -0.4 is 10.6 Å². The molecule has 0 fully saturated rings. The van der Waals surface area contributed by atoms with Gasteiger partial charge in [0.1, 0.15) is 0 Å². The molecule has 0 aliphatic carbocycles. The molecule has 4 nitrogen and oxygen atoms in total. The van der Waals surface area contributed by atoms with Gasteiger partial charge >= 0.3 is 6.41 Å². The molecule has 0 aromatic rings. The van der Waals surface area contributed by atoms with E-state index in [2.05, 4.69) is 17.6 Å². The second-order valence-electron chi connectivity index (χ2n) is 1.31. The summed E-state index contributed by atoms with van der Waals surface area (Å²) in [6.07, 6.45) is 1.59. The van der Waals surface area contributed by atoms with Crippen molar-refractivity contribution >= 4 is 12.3 Å². The van der Waals surface area contributed by atoms with Gasteiger partial charge in [0.05, 0.1) is 6.67 Å². The van der Waals surface area contributed by atoms with Gasteiger partial charge < -0.3 is 10.6 Å². The van der Waals surface area contributed by atoms with Gasteiger partial charge in [-0.15, -0.1) is 0 Å². The van der Waals surface area contributed by atoms with E-state index in [1.54, 1.807) is 0 Å². The second kappa shape index (κ2) is 5.08. The van der Waals surface area contributed by atoms with Crippen LogP contribution in [0.3, 0.4) is 0 Å². The second-order valence-corrected chi connectivity index (χ2v) is 1.31. The standard InChI is InChI=1S/C5H8N2O2/c1-2-5(9)7-3-6-4-8/h1-3H2,(H,6,8)(H,7,9). The molecular formula is C5H8N2O2. The van der Waals surface area contributed by atoms with Crippen molar-refractivity contribution < 1.29 is 9.59 Å². The summed E-state index contributed by atoms with van der Waals surface area (Å²) < 4.78 is 0. The van der Waals surface area contributed by atoms with Gasteiger partial charge in [0.15, 0.2) is 0 Å². The topological polar surface area (TPSA) is 58.2 Å². The number of nitrogens with one attached hydrogen (secondary N) is 2. The quantitative estimate of drug-likeness (QED) is 0.288. The number of carbonyl (C=O) groups is 1. The van der Waals surface area contributed by atoms with E-state index in [1.807, 2.05) is 0 Å². The first-order valence-electron chi connectivity index (χ1n) is 2.47. The van der Waals surface area contributed by atoms with Gasteiger partial charge in [-0.1, -0.05) is 0 Å². The molecule has 0 aliphatic heterocycles. The highest BCUT2D eigenvalue weighted by Crippen LogP contribution is 1.69. The molecule has 50 valence electrons. The summed E-state index contributed by atoms with van der Waals surface area (Å²) in [5.41, 5.74) is 0. The molecule has 0 aliphatic rings. The monoisotopic (exact) mass is 128 g/mol. The molecule has 2 amide bonds. The van der Waals surface area contributed by atoms with Gasteiger partial charge in [0, 0.05) is 6.42 Å². The molecule has 2 N–H and O–H groups in total. The Kier molecular flexibility index (Phi) is 4.49. The van der Waals surface area contributed by atoms with Gasteiger partial charge in [-0.2, -0.15) is 0 Å². The Hall–Kier alpha value is -1.06. The maximum Gasteiger partial charge on any atom is 0.310 e. The highest BCUT2D eigenvalue weighted by atomic mass is 16.2. The van der Waals surface area contributed by atoms with Gasteiger partial charge in [0.25, 0.3) is 0 Å². The van der Waals surface area contributed by atoms with Crippen LogP contribution in [0.1, 0.15) is 6.42 Å². The Labute approximate surface area is 53.6 Å². The average molecular weight is 128 g/mol. The summed E-state index contributed by atoms with van der Waals surface area (Å²) >= 11 is 0. The van der Waals surface area contributed by atoms with Crippen LogP contribution >= 0.6 is 0 Å². The fraction of sp³-hybridized carbons (Fsp3) is 0.400. The lowest BCUT2D eigenvalue weighted by atomic mass is 10.5. The summed E-state index contributed by atoms with van der Waals surface area (Å²) in [7, 11) is 0. The zero-order valence-corrected chi connectivity index (χ0v) is 4.94. The lowest BCUT2D eigenvalue weighted by Crippen LogP contribution is -2.32. The highest BCUT2D eigenvalue weighted by Gasteiger charge is 1.91. The van der Waals surface area contributed by atoms with Gasteiger partial charge in [-0.25, -0.2) is 0 Å². The van der Waals surface area contributed by atoms with Gasteiger partial charge in [0.2, 0.25) is 5.91 Å². The molecule has 0 rings (SSSR count). The lowest BCUT2D eigenvalue weighted by molar-refractivity contribution is -0.120. The van der Waals surface area contributed by atoms with E-state index in [0.717, 1.165) is 0 Å². The Morgan fingerprint density at radius 1 is 1.67 bits per heavy atom. The lowest BCUT2D eigenvalue weighted by Gasteiger charge is -1.98.